The number of nitrogens with zero attached hydrogens (tertiary/aromatic N) is 2. The summed E-state index contributed by atoms with van der Waals surface area (Å²) >= 11 is 6.12. The Morgan fingerprint density at radius 3 is 2.51 bits per heavy atom. The van der Waals surface area contributed by atoms with Crippen molar-refractivity contribution >= 4 is 34.2 Å². The summed E-state index contributed by atoms with van der Waals surface area (Å²) in [7, 11) is 0. The number of benzene rings is 4. The van der Waals surface area contributed by atoms with Crippen LogP contribution in [0.1, 0.15) is 67.6 Å². The zero-order valence-electron chi connectivity index (χ0n) is 33.5. The van der Waals surface area contributed by atoms with E-state index in [1.165, 1.54) is 0 Å². The number of rotatable bonds is 19. The molecule has 10 nitrogen and oxygen atoms in total. The van der Waals surface area contributed by atoms with Crippen molar-refractivity contribution in [1.82, 2.24) is 4.90 Å². The van der Waals surface area contributed by atoms with Gasteiger partial charge >= 0.3 is 6.09 Å². The van der Waals surface area contributed by atoms with E-state index in [2.05, 4.69) is 12.7 Å². The third-order valence-corrected chi connectivity index (χ3v) is 12.2. The van der Waals surface area contributed by atoms with Crippen molar-refractivity contribution in [3.63, 3.8) is 0 Å². The van der Waals surface area contributed by atoms with E-state index in [-0.39, 0.29) is 75.4 Å². The van der Waals surface area contributed by atoms with Gasteiger partial charge in [-0.3, -0.25) is 4.90 Å². The zero-order chi connectivity index (χ0) is 41.2. The lowest BCUT2D eigenvalue weighted by atomic mass is 9.55. The number of allylic oxidation sites excluding steroid dienone is 1. The highest BCUT2D eigenvalue weighted by Gasteiger charge is 2.65. The number of alkyl halides is 1. The quantitative estimate of drug-likeness (QED) is 0.0370. The van der Waals surface area contributed by atoms with Gasteiger partial charge in [0.15, 0.2) is 0 Å². The summed E-state index contributed by atoms with van der Waals surface area (Å²) in [6, 6.07) is 28.4. The molecule has 1 aliphatic heterocycles. The molecule has 0 bridgehead atoms. The molecule has 1 heterocycles. The highest BCUT2D eigenvalue weighted by atomic mass is 35.5. The Balaban J connectivity index is 1.45. The van der Waals surface area contributed by atoms with Gasteiger partial charge in [0.2, 0.25) is 5.79 Å². The first-order valence-electron chi connectivity index (χ1n) is 20.8. The second-order valence-electron chi connectivity index (χ2n) is 15.6. The fraction of sp³-hybridized carbons (Fsp3) is 0.417. The van der Waals surface area contributed by atoms with Crippen LogP contribution in [0.3, 0.4) is 0 Å². The lowest BCUT2D eigenvalue weighted by molar-refractivity contribution is -0.256. The number of phenolic OH excluding ortho intramolecular Hbond substituents is 1. The maximum atomic E-state index is 14.7. The van der Waals surface area contributed by atoms with Crippen molar-refractivity contribution in [1.29, 1.82) is 0 Å². The van der Waals surface area contributed by atoms with Crippen molar-refractivity contribution in [2.24, 2.45) is 22.9 Å². The van der Waals surface area contributed by atoms with Gasteiger partial charge in [-0.15, -0.1) is 18.2 Å². The molecule has 7 rings (SSSR count). The molecular formula is C48H55ClN2O8. The summed E-state index contributed by atoms with van der Waals surface area (Å²) in [5.74, 6) is -1.42. The number of aliphatic hydroxyl groups is 2. The molecule has 3 N–H and O–H groups in total. The number of hydrogen-bond acceptors (Lipinski definition) is 9. The smallest absolute Gasteiger partial charge is 0.410 e. The molecule has 312 valence electrons. The van der Waals surface area contributed by atoms with Crippen molar-refractivity contribution in [3.05, 3.63) is 132 Å². The van der Waals surface area contributed by atoms with Crippen LogP contribution in [0.25, 0.3) is 10.8 Å². The summed E-state index contributed by atoms with van der Waals surface area (Å²) in [6.45, 7) is 4.72. The predicted octanol–water partition coefficient (Wildman–Crippen LogP) is 9.26. The Labute approximate surface area is 351 Å². The summed E-state index contributed by atoms with van der Waals surface area (Å²) in [5, 5.41) is 37.7. The first-order chi connectivity index (χ1) is 28.9. The van der Waals surface area contributed by atoms with Gasteiger partial charge in [0.1, 0.15) is 30.8 Å². The molecule has 2 aliphatic carbocycles. The lowest BCUT2D eigenvalue weighted by Gasteiger charge is -2.59. The first kappa shape index (κ1) is 42.3. The Morgan fingerprint density at radius 2 is 1.73 bits per heavy atom. The number of fused-ring (bicyclic) bond motifs is 3. The van der Waals surface area contributed by atoms with Gasteiger partial charge in [0, 0.05) is 31.1 Å². The lowest BCUT2D eigenvalue weighted by Crippen LogP contribution is -2.70. The Kier molecular flexibility index (Phi) is 14.3. The third kappa shape index (κ3) is 9.16. The van der Waals surface area contributed by atoms with E-state index in [9.17, 15) is 20.1 Å². The van der Waals surface area contributed by atoms with Crippen LogP contribution in [0, 0.1) is 17.8 Å². The molecule has 1 amide bonds. The molecule has 4 aromatic carbocycles. The van der Waals surface area contributed by atoms with Crippen LogP contribution in [0.2, 0.25) is 0 Å². The summed E-state index contributed by atoms with van der Waals surface area (Å²) in [6.07, 6.45) is 8.11. The van der Waals surface area contributed by atoms with Crippen LogP contribution in [0.15, 0.2) is 120 Å². The molecule has 1 fully saturated rings. The van der Waals surface area contributed by atoms with Crippen LogP contribution in [-0.2, 0) is 27.5 Å². The van der Waals surface area contributed by atoms with E-state index in [0.29, 0.717) is 24.3 Å². The van der Waals surface area contributed by atoms with Crippen LogP contribution >= 0.6 is 11.6 Å². The third-order valence-electron chi connectivity index (χ3n) is 12.0. The first-order valence-corrected chi connectivity index (χ1v) is 21.3. The molecule has 6 atom stereocenters. The van der Waals surface area contributed by atoms with Gasteiger partial charge < -0.3 is 34.4 Å². The highest BCUT2D eigenvalue weighted by Crippen LogP contribution is 2.62. The molecular weight excluding hydrogens is 768 g/mol. The second-order valence-corrected chi connectivity index (χ2v) is 16.0. The van der Waals surface area contributed by atoms with E-state index >= 15 is 0 Å². The maximum Gasteiger partial charge on any atom is 0.410 e. The van der Waals surface area contributed by atoms with E-state index in [1.807, 2.05) is 72.8 Å². The van der Waals surface area contributed by atoms with Gasteiger partial charge in [-0.25, -0.2) is 4.79 Å². The standard InChI is InChI=1S/C48H55ClN2O8/c1-2-26-57-48-44(51(47(55)56-27-23-49)31-36-18-12-17-34-15-6-7-19-38(34)36)30-42(50-58-32-33-13-4-3-5-14-33)40-28-35(16-8-10-24-52)39(20-9-11-25-53)45(46(40)48)41-29-37(54)21-22-43(41)59-48/h2-7,12-15,17-19,21-22,28-29,35,39,44-46,52-54H,1,8-11,16,20,23-27,30-32H2. The Bertz CT molecular complexity index is 2100. The van der Waals surface area contributed by atoms with Crippen molar-refractivity contribution in [3.8, 4) is 11.5 Å². The molecule has 0 radical (unpaired) electrons. The topological polar surface area (TPSA) is 130 Å². The molecule has 0 aromatic heterocycles. The average Bonchev–Trinajstić information content (AvgIpc) is 3.26. The van der Waals surface area contributed by atoms with E-state index in [4.69, 9.17) is 35.8 Å². The fourth-order valence-corrected chi connectivity index (χ4v) is 9.62. The minimum Gasteiger partial charge on any atom is -0.508 e. The van der Waals surface area contributed by atoms with Crippen molar-refractivity contribution in [2.45, 2.75) is 75.8 Å². The number of phenols is 1. The molecule has 4 aromatic rings. The molecule has 11 heteroatoms. The Hall–Kier alpha value is -4.87. The second kappa shape index (κ2) is 19.9. The maximum absolute atomic E-state index is 14.7. The summed E-state index contributed by atoms with van der Waals surface area (Å²) < 4.78 is 20.2. The van der Waals surface area contributed by atoms with Gasteiger partial charge in [-0.05, 0) is 83.2 Å². The van der Waals surface area contributed by atoms with E-state index in [1.54, 1.807) is 29.2 Å². The van der Waals surface area contributed by atoms with Crippen LogP contribution in [-0.4, -0.2) is 76.2 Å². The number of oxime groups is 1. The largest absolute Gasteiger partial charge is 0.508 e. The number of halogens is 1. The molecule has 0 spiro atoms. The summed E-state index contributed by atoms with van der Waals surface area (Å²) in [5.41, 5.74) is 4.29. The fourth-order valence-electron chi connectivity index (χ4n) is 9.54. The minimum atomic E-state index is -1.48. The van der Waals surface area contributed by atoms with Crippen molar-refractivity contribution < 1.29 is 39.2 Å². The van der Waals surface area contributed by atoms with Gasteiger partial charge in [-0.2, -0.15) is 0 Å². The Morgan fingerprint density at radius 1 is 0.966 bits per heavy atom. The SMILES string of the molecule is C=CCOC12Oc3ccc(O)cc3C3C(CCCCO)C(CCCCO)C=C(C(=NOCc4ccccc4)CC1N(Cc1cccc4ccccc14)C(=O)OCCCl)C32. The zero-order valence-corrected chi connectivity index (χ0v) is 34.2. The van der Waals surface area contributed by atoms with Crippen LogP contribution in [0.4, 0.5) is 4.79 Å². The predicted molar refractivity (Wildman–Crippen MR) is 229 cm³/mol. The minimum absolute atomic E-state index is 0.00339. The molecule has 3 aliphatic rings. The number of aliphatic hydroxyl groups excluding tert-OH is 2. The highest BCUT2D eigenvalue weighted by molar-refractivity contribution is 6.18. The van der Waals surface area contributed by atoms with E-state index in [0.717, 1.165) is 58.7 Å². The van der Waals surface area contributed by atoms with Gasteiger partial charge in [-0.1, -0.05) is 103 Å². The number of ether oxygens (including phenoxy) is 3. The monoisotopic (exact) mass is 822 g/mol. The number of unbranched alkanes of at least 4 members (excludes halogenated alkanes) is 2. The number of hydrogen-bond donors (Lipinski definition) is 3. The van der Waals surface area contributed by atoms with Gasteiger partial charge in [0.25, 0.3) is 0 Å². The van der Waals surface area contributed by atoms with Gasteiger partial charge in [0.05, 0.1) is 30.7 Å². The summed E-state index contributed by atoms with van der Waals surface area (Å²) in [4.78, 5) is 22.6. The number of carbonyl (C=O) groups is 1. The average molecular weight is 823 g/mol. The number of carbonyl (C=O) groups excluding carboxylic acids is 1. The normalized spacial score (nSPS) is 23.7. The van der Waals surface area contributed by atoms with E-state index < -0.39 is 23.8 Å². The number of amides is 1. The molecule has 0 saturated heterocycles. The van der Waals surface area contributed by atoms with Crippen LogP contribution in [0.5, 0.6) is 11.5 Å². The van der Waals surface area contributed by atoms with Crippen molar-refractivity contribution in [2.75, 3.05) is 32.3 Å². The molecule has 6 unspecified atom stereocenters. The molecule has 1 saturated carbocycles. The number of aromatic hydroxyl groups is 1. The van der Waals surface area contributed by atoms with Crippen LogP contribution < -0.4 is 4.74 Å². The molecule has 59 heavy (non-hydrogen) atoms.